The molecule has 0 aromatic heterocycles. The maximum absolute atomic E-state index is 6.06. The summed E-state index contributed by atoms with van der Waals surface area (Å²) >= 11 is 6.06. The second-order valence-electron chi connectivity index (χ2n) is 4.34. The molecule has 1 fully saturated rings. The Bertz CT molecular complexity index is 376. The first-order valence-corrected chi connectivity index (χ1v) is 5.79. The zero-order valence-electron chi connectivity index (χ0n) is 9.26. The molecular formula is C12H17ClN2. The number of nitrogens with zero attached hydrogens (tertiary/aromatic N) is 1. The fraction of sp³-hybridized carbons (Fsp3) is 0.500. The molecule has 2 nitrogen and oxygen atoms in total. The van der Waals surface area contributed by atoms with Gasteiger partial charge in [-0.25, -0.2) is 0 Å². The minimum atomic E-state index is 0.614. The molecule has 1 unspecified atom stereocenters. The third-order valence-corrected chi connectivity index (χ3v) is 3.50. The van der Waals surface area contributed by atoms with Gasteiger partial charge >= 0.3 is 0 Å². The summed E-state index contributed by atoms with van der Waals surface area (Å²) in [5.74, 6) is 0. The van der Waals surface area contributed by atoms with Crippen LogP contribution in [0.5, 0.6) is 0 Å². The third-order valence-electron chi connectivity index (χ3n) is 3.18. The van der Waals surface area contributed by atoms with E-state index in [-0.39, 0.29) is 0 Å². The van der Waals surface area contributed by atoms with Gasteiger partial charge in [0.05, 0.1) is 10.7 Å². The predicted octanol–water partition coefficient (Wildman–Crippen LogP) is 3.22. The summed E-state index contributed by atoms with van der Waals surface area (Å²) in [6.45, 7) is 5.48. The van der Waals surface area contributed by atoms with Crippen LogP contribution in [0.15, 0.2) is 12.1 Å². The molecular weight excluding hydrogens is 208 g/mol. The molecule has 0 aliphatic carbocycles. The zero-order valence-corrected chi connectivity index (χ0v) is 10.0. The van der Waals surface area contributed by atoms with Crippen LogP contribution in [0.3, 0.4) is 0 Å². The standard InChI is InChI=1S/C12H17ClN2/c1-8-6-11(14)10(13)7-12(8)15-5-3-4-9(15)2/h6-7,9H,3-5,14H2,1-2H3. The van der Waals surface area contributed by atoms with Crippen molar-refractivity contribution < 1.29 is 0 Å². The number of hydrogen-bond donors (Lipinski definition) is 1. The van der Waals surface area contributed by atoms with E-state index in [4.69, 9.17) is 17.3 Å². The number of rotatable bonds is 1. The molecule has 2 N–H and O–H groups in total. The van der Waals surface area contributed by atoms with Gasteiger partial charge in [-0.05, 0) is 44.4 Å². The highest BCUT2D eigenvalue weighted by Crippen LogP contribution is 2.33. The normalized spacial score (nSPS) is 21.0. The lowest BCUT2D eigenvalue weighted by molar-refractivity contribution is 0.733. The maximum Gasteiger partial charge on any atom is 0.0656 e. The van der Waals surface area contributed by atoms with Crippen LogP contribution in [-0.2, 0) is 0 Å². The molecule has 15 heavy (non-hydrogen) atoms. The molecule has 1 heterocycles. The smallest absolute Gasteiger partial charge is 0.0656 e. The molecule has 0 bridgehead atoms. The molecule has 0 saturated carbocycles. The van der Waals surface area contributed by atoms with E-state index >= 15 is 0 Å². The summed E-state index contributed by atoms with van der Waals surface area (Å²) in [5.41, 5.74) is 8.89. The predicted molar refractivity (Wildman–Crippen MR) is 66.6 cm³/mol. The minimum absolute atomic E-state index is 0.614. The van der Waals surface area contributed by atoms with E-state index in [1.54, 1.807) is 0 Å². The minimum Gasteiger partial charge on any atom is -0.398 e. The maximum atomic E-state index is 6.06. The summed E-state index contributed by atoms with van der Waals surface area (Å²) in [7, 11) is 0. The molecule has 1 saturated heterocycles. The van der Waals surface area contributed by atoms with Crippen molar-refractivity contribution in [2.45, 2.75) is 32.7 Å². The number of benzene rings is 1. The monoisotopic (exact) mass is 224 g/mol. The second kappa shape index (κ2) is 3.93. The van der Waals surface area contributed by atoms with E-state index in [0.29, 0.717) is 16.8 Å². The number of nitrogen functional groups attached to an aromatic ring is 1. The van der Waals surface area contributed by atoms with Crippen LogP contribution in [0.25, 0.3) is 0 Å². The molecule has 2 rings (SSSR count). The van der Waals surface area contributed by atoms with Crippen LogP contribution in [0.2, 0.25) is 5.02 Å². The average molecular weight is 225 g/mol. The SMILES string of the molecule is Cc1cc(N)c(Cl)cc1N1CCCC1C. The topological polar surface area (TPSA) is 29.3 Å². The van der Waals surface area contributed by atoms with Crippen LogP contribution in [0, 0.1) is 6.92 Å². The lowest BCUT2D eigenvalue weighted by atomic mass is 10.1. The number of halogens is 1. The van der Waals surface area contributed by atoms with Crippen molar-refractivity contribution in [3.8, 4) is 0 Å². The van der Waals surface area contributed by atoms with E-state index in [9.17, 15) is 0 Å². The summed E-state index contributed by atoms with van der Waals surface area (Å²) in [5, 5.41) is 0.662. The number of aryl methyl sites for hydroxylation is 1. The number of nitrogens with two attached hydrogens (primary N) is 1. The number of hydrogen-bond acceptors (Lipinski definition) is 2. The van der Waals surface area contributed by atoms with Crippen molar-refractivity contribution in [1.29, 1.82) is 0 Å². The van der Waals surface area contributed by atoms with Gasteiger partial charge in [0.1, 0.15) is 0 Å². The quantitative estimate of drug-likeness (QED) is 0.743. The third kappa shape index (κ3) is 1.91. The van der Waals surface area contributed by atoms with Crippen molar-refractivity contribution >= 4 is 23.0 Å². The van der Waals surface area contributed by atoms with Crippen molar-refractivity contribution in [1.82, 2.24) is 0 Å². The lowest BCUT2D eigenvalue weighted by Gasteiger charge is -2.26. The van der Waals surface area contributed by atoms with Gasteiger partial charge in [0.15, 0.2) is 0 Å². The van der Waals surface area contributed by atoms with Crippen molar-refractivity contribution in [3.63, 3.8) is 0 Å². The van der Waals surface area contributed by atoms with Gasteiger partial charge in [-0.2, -0.15) is 0 Å². The van der Waals surface area contributed by atoms with E-state index < -0.39 is 0 Å². The number of anilines is 2. The summed E-state index contributed by atoms with van der Waals surface area (Å²) in [4.78, 5) is 2.42. The van der Waals surface area contributed by atoms with Gasteiger partial charge in [-0.15, -0.1) is 0 Å². The molecule has 1 atom stereocenters. The molecule has 82 valence electrons. The Hall–Kier alpha value is -0.890. The van der Waals surface area contributed by atoms with Crippen LogP contribution in [0.4, 0.5) is 11.4 Å². The van der Waals surface area contributed by atoms with E-state index in [0.717, 1.165) is 6.54 Å². The van der Waals surface area contributed by atoms with Crippen LogP contribution >= 0.6 is 11.6 Å². The molecule has 0 spiro atoms. The van der Waals surface area contributed by atoms with Gasteiger partial charge in [-0.1, -0.05) is 11.6 Å². The highest BCUT2D eigenvalue weighted by atomic mass is 35.5. The Morgan fingerprint density at radius 2 is 2.20 bits per heavy atom. The van der Waals surface area contributed by atoms with Crippen LogP contribution in [0.1, 0.15) is 25.3 Å². The molecule has 3 heteroatoms. The van der Waals surface area contributed by atoms with E-state index in [2.05, 4.69) is 18.7 Å². The van der Waals surface area contributed by atoms with Gasteiger partial charge in [0.2, 0.25) is 0 Å². The molecule has 1 aliphatic rings. The summed E-state index contributed by atoms with van der Waals surface area (Å²) in [6, 6.07) is 4.57. The van der Waals surface area contributed by atoms with Crippen molar-refractivity contribution in [3.05, 3.63) is 22.7 Å². The molecule has 0 radical (unpaired) electrons. The Morgan fingerprint density at radius 1 is 1.47 bits per heavy atom. The van der Waals surface area contributed by atoms with Crippen molar-refractivity contribution in [2.75, 3.05) is 17.2 Å². The average Bonchev–Trinajstić information content (AvgIpc) is 2.58. The summed E-state index contributed by atoms with van der Waals surface area (Å²) in [6.07, 6.45) is 2.53. The van der Waals surface area contributed by atoms with Crippen molar-refractivity contribution in [2.24, 2.45) is 0 Å². The fourth-order valence-electron chi connectivity index (χ4n) is 2.29. The largest absolute Gasteiger partial charge is 0.398 e. The van der Waals surface area contributed by atoms with E-state index in [1.165, 1.54) is 24.1 Å². The first-order valence-electron chi connectivity index (χ1n) is 5.42. The fourth-order valence-corrected chi connectivity index (χ4v) is 2.45. The second-order valence-corrected chi connectivity index (χ2v) is 4.75. The zero-order chi connectivity index (χ0) is 11.0. The van der Waals surface area contributed by atoms with Gasteiger partial charge < -0.3 is 10.6 Å². The van der Waals surface area contributed by atoms with Gasteiger partial charge in [0, 0.05) is 18.3 Å². The Labute approximate surface area is 96.0 Å². The van der Waals surface area contributed by atoms with Gasteiger partial charge in [0.25, 0.3) is 0 Å². The highest BCUT2D eigenvalue weighted by Gasteiger charge is 2.22. The molecule has 0 amide bonds. The van der Waals surface area contributed by atoms with E-state index in [1.807, 2.05) is 12.1 Å². The summed E-state index contributed by atoms with van der Waals surface area (Å²) < 4.78 is 0. The molecule has 1 aromatic carbocycles. The van der Waals surface area contributed by atoms with Gasteiger partial charge in [-0.3, -0.25) is 0 Å². The first kappa shape index (κ1) is 10.6. The molecule has 1 aromatic rings. The Balaban J connectivity index is 2.39. The van der Waals surface area contributed by atoms with Crippen LogP contribution in [-0.4, -0.2) is 12.6 Å². The highest BCUT2D eigenvalue weighted by molar-refractivity contribution is 6.33. The first-order chi connectivity index (χ1) is 7.09. The lowest BCUT2D eigenvalue weighted by Crippen LogP contribution is -2.26. The van der Waals surface area contributed by atoms with Crippen LogP contribution < -0.4 is 10.6 Å². The molecule has 1 aliphatic heterocycles. The Kier molecular flexibility index (Phi) is 2.79. The Morgan fingerprint density at radius 3 is 2.80 bits per heavy atom.